The van der Waals surface area contributed by atoms with Gasteiger partial charge in [0, 0.05) is 17.0 Å². The first-order valence-corrected chi connectivity index (χ1v) is 6.55. The van der Waals surface area contributed by atoms with Crippen LogP contribution in [0.2, 0.25) is 5.02 Å². The fraction of sp³-hybridized carbons (Fsp3) is 0.571. The van der Waals surface area contributed by atoms with Gasteiger partial charge < -0.3 is 10.5 Å². The molecule has 1 unspecified atom stereocenters. The summed E-state index contributed by atoms with van der Waals surface area (Å²) in [4.78, 5) is 0. The zero-order valence-electron chi connectivity index (χ0n) is 10.7. The van der Waals surface area contributed by atoms with Gasteiger partial charge in [0.05, 0.1) is 12.1 Å². The van der Waals surface area contributed by atoms with Crippen LogP contribution in [0.1, 0.15) is 37.8 Å². The molecule has 1 aromatic rings. The molecule has 2 N–H and O–H groups in total. The van der Waals surface area contributed by atoms with Crippen molar-refractivity contribution >= 4 is 11.6 Å². The Bertz CT molecular complexity index is 424. The number of aryl methyl sites for hydroxylation is 1. The lowest BCUT2D eigenvalue weighted by Gasteiger charge is -2.24. The van der Waals surface area contributed by atoms with Gasteiger partial charge in [0.25, 0.3) is 0 Å². The number of hydrogen-bond donors (Lipinski definition) is 1. The highest BCUT2D eigenvalue weighted by molar-refractivity contribution is 6.32. The molecule has 0 amide bonds. The molecule has 1 aliphatic carbocycles. The Morgan fingerprint density at radius 2 is 2.12 bits per heavy atom. The van der Waals surface area contributed by atoms with Crippen LogP contribution in [0.15, 0.2) is 12.1 Å². The predicted octanol–water partition coefficient (Wildman–Crippen LogP) is 3.29. The lowest BCUT2D eigenvalue weighted by molar-refractivity contribution is 0.398. The maximum atomic E-state index is 6.29. The van der Waals surface area contributed by atoms with Gasteiger partial charge in [-0.15, -0.1) is 0 Å². The van der Waals surface area contributed by atoms with Crippen molar-refractivity contribution in [3.05, 3.63) is 28.3 Å². The molecule has 0 aromatic heterocycles. The minimum Gasteiger partial charge on any atom is -0.495 e. The van der Waals surface area contributed by atoms with Gasteiger partial charge in [0.1, 0.15) is 5.75 Å². The number of methoxy groups -OCH3 is 1. The fourth-order valence-electron chi connectivity index (χ4n) is 2.54. The summed E-state index contributed by atoms with van der Waals surface area (Å²) >= 11 is 6.29. The molecule has 1 saturated carbocycles. The Balaban J connectivity index is 2.55. The molecule has 0 radical (unpaired) electrons. The molecular weight excluding hydrogens is 234 g/mol. The van der Waals surface area contributed by atoms with Gasteiger partial charge in [-0.3, -0.25) is 0 Å². The van der Waals surface area contributed by atoms with Gasteiger partial charge in [-0.2, -0.15) is 0 Å². The van der Waals surface area contributed by atoms with Crippen LogP contribution in [-0.4, -0.2) is 13.2 Å². The van der Waals surface area contributed by atoms with Crippen LogP contribution in [0, 0.1) is 0 Å². The smallest absolute Gasteiger partial charge is 0.141 e. The van der Waals surface area contributed by atoms with E-state index < -0.39 is 0 Å². The van der Waals surface area contributed by atoms with Gasteiger partial charge in [-0.25, -0.2) is 0 Å². The van der Waals surface area contributed by atoms with Crippen molar-refractivity contribution in [3.63, 3.8) is 0 Å². The lowest BCUT2D eigenvalue weighted by atomic mass is 9.87. The molecule has 17 heavy (non-hydrogen) atoms. The van der Waals surface area contributed by atoms with E-state index in [1.807, 2.05) is 6.07 Å². The summed E-state index contributed by atoms with van der Waals surface area (Å²) in [6.07, 6.45) is 3.24. The van der Waals surface area contributed by atoms with Crippen molar-refractivity contribution in [3.8, 4) is 5.75 Å². The number of hydrogen-bond acceptors (Lipinski definition) is 2. The first-order valence-electron chi connectivity index (χ1n) is 6.17. The van der Waals surface area contributed by atoms with Crippen LogP contribution in [0.5, 0.6) is 5.75 Å². The molecule has 0 heterocycles. The van der Waals surface area contributed by atoms with Crippen LogP contribution in [0.25, 0.3) is 0 Å². The van der Waals surface area contributed by atoms with E-state index in [-0.39, 0.29) is 11.5 Å². The zero-order chi connectivity index (χ0) is 12.6. The maximum absolute atomic E-state index is 6.29. The van der Waals surface area contributed by atoms with Gasteiger partial charge in [-0.05, 0) is 37.8 Å². The van der Waals surface area contributed by atoms with Crippen molar-refractivity contribution in [1.82, 2.24) is 0 Å². The average molecular weight is 254 g/mol. The summed E-state index contributed by atoms with van der Waals surface area (Å²) in [6.45, 7) is 4.20. The first kappa shape index (κ1) is 12.7. The van der Waals surface area contributed by atoms with Crippen LogP contribution in [0.4, 0.5) is 0 Å². The van der Waals surface area contributed by atoms with Crippen molar-refractivity contribution < 1.29 is 4.74 Å². The van der Waals surface area contributed by atoms with Crippen LogP contribution in [-0.2, 0) is 11.8 Å². The van der Waals surface area contributed by atoms with Crippen molar-refractivity contribution in [1.29, 1.82) is 0 Å². The first-order chi connectivity index (χ1) is 8.05. The minimum absolute atomic E-state index is 0.0835. The van der Waals surface area contributed by atoms with E-state index in [9.17, 15) is 0 Å². The van der Waals surface area contributed by atoms with Crippen LogP contribution in [0.3, 0.4) is 0 Å². The minimum atomic E-state index is 0.0835. The zero-order valence-corrected chi connectivity index (χ0v) is 11.5. The Hall–Kier alpha value is -0.730. The summed E-state index contributed by atoms with van der Waals surface area (Å²) in [7, 11) is 1.67. The van der Waals surface area contributed by atoms with E-state index in [0.29, 0.717) is 5.02 Å². The molecule has 0 saturated heterocycles. The topological polar surface area (TPSA) is 35.2 Å². The van der Waals surface area contributed by atoms with Gasteiger partial charge in [0.15, 0.2) is 0 Å². The number of rotatable bonds is 4. The van der Waals surface area contributed by atoms with E-state index >= 15 is 0 Å². The second-order valence-corrected chi connectivity index (χ2v) is 5.36. The third-order valence-corrected chi connectivity index (χ3v) is 4.19. The highest BCUT2D eigenvalue weighted by Gasteiger charge is 2.49. The molecule has 2 nitrogen and oxygen atoms in total. The van der Waals surface area contributed by atoms with E-state index in [1.165, 1.54) is 11.1 Å². The molecule has 1 fully saturated rings. The Morgan fingerprint density at radius 3 is 2.53 bits per heavy atom. The number of ether oxygens (including phenoxy) is 1. The SMILES string of the molecule is CCc1cc(Cl)c(OC)c(C2(C(C)N)CC2)c1. The fourth-order valence-corrected chi connectivity index (χ4v) is 2.85. The standard InChI is InChI=1S/C14H20ClNO/c1-4-10-7-11(13(17-3)12(15)8-10)14(5-6-14)9(2)16/h7-9H,4-6,16H2,1-3H3. The van der Waals surface area contributed by atoms with Crippen molar-refractivity contribution in [2.75, 3.05) is 7.11 Å². The molecule has 0 spiro atoms. The Labute approximate surface area is 108 Å². The van der Waals surface area contributed by atoms with Gasteiger partial charge in [-0.1, -0.05) is 24.6 Å². The molecule has 0 aliphatic heterocycles. The van der Waals surface area contributed by atoms with Crippen molar-refractivity contribution in [2.24, 2.45) is 5.73 Å². The van der Waals surface area contributed by atoms with E-state index in [1.54, 1.807) is 7.11 Å². The molecule has 1 atom stereocenters. The molecule has 94 valence electrons. The number of halogens is 1. The molecular formula is C14H20ClNO. The largest absolute Gasteiger partial charge is 0.495 e. The quantitative estimate of drug-likeness (QED) is 0.894. The summed E-state index contributed by atoms with van der Waals surface area (Å²) in [5, 5.41) is 0.703. The predicted molar refractivity (Wildman–Crippen MR) is 71.9 cm³/mol. The van der Waals surface area contributed by atoms with Crippen LogP contribution >= 0.6 is 11.6 Å². The highest BCUT2D eigenvalue weighted by atomic mass is 35.5. The average Bonchev–Trinajstić information content (AvgIpc) is 3.09. The molecule has 1 aromatic carbocycles. The summed E-state index contributed by atoms with van der Waals surface area (Å²) in [5.74, 6) is 0.804. The van der Waals surface area contributed by atoms with E-state index in [2.05, 4.69) is 19.9 Å². The molecule has 1 aliphatic rings. The van der Waals surface area contributed by atoms with E-state index in [4.69, 9.17) is 22.1 Å². The Kier molecular flexibility index (Phi) is 3.37. The third kappa shape index (κ3) is 2.04. The maximum Gasteiger partial charge on any atom is 0.141 e. The second-order valence-electron chi connectivity index (χ2n) is 4.96. The van der Waals surface area contributed by atoms with Crippen molar-refractivity contribution in [2.45, 2.75) is 44.6 Å². The Morgan fingerprint density at radius 1 is 1.47 bits per heavy atom. The summed E-state index contributed by atoms with van der Waals surface area (Å²) in [5.41, 5.74) is 8.66. The normalized spacial score (nSPS) is 18.9. The number of benzene rings is 1. The molecule has 3 heteroatoms. The highest BCUT2D eigenvalue weighted by Crippen LogP contribution is 2.54. The molecule has 2 rings (SSSR count). The van der Waals surface area contributed by atoms with Crippen LogP contribution < -0.4 is 10.5 Å². The molecule has 0 bridgehead atoms. The number of nitrogens with two attached hydrogens (primary N) is 1. The third-order valence-electron chi connectivity index (χ3n) is 3.91. The second kappa shape index (κ2) is 4.51. The summed E-state index contributed by atoms with van der Waals surface area (Å²) in [6, 6.07) is 4.34. The van der Waals surface area contributed by atoms with Gasteiger partial charge in [0.2, 0.25) is 0 Å². The lowest BCUT2D eigenvalue weighted by Crippen LogP contribution is -2.32. The summed E-state index contributed by atoms with van der Waals surface area (Å²) < 4.78 is 5.46. The van der Waals surface area contributed by atoms with Gasteiger partial charge >= 0.3 is 0 Å². The monoisotopic (exact) mass is 253 g/mol. The van der Waals surface area contributed by atoms with E-state index in [0.717, 1.165) is 25.0 Å².